The van der Waals surface area contributed by atoms with Gasteiger partial charge in [0.25, 0.3) is 0 Å². The van der Waals surface area contributed by atoms with Crippen molar-refractivity contribution in [3.8, 4) is 0 Å². The van der Waals surface area contributed by atoms with Crippen molar-refractivity contribution in [2.45, 2.75) is 72.0 Å². The van der Waals surface area contributed by atoms with Gasteiger partial charge in [-0.3, -0.25) is 0 Å². The van der Waals surface area contributed by atoms with Gasteiger partial charge < -0.3 is 0 Å². The van der Waals surface area contributed by atoms with Crippen LogP contribution < -0.4 is 5.19 Å². The molecule has 0 bridgehead atoms. The maximum absolute atomic E-state index is 2.58. The Morgan fingerprint density at radius 3 is 1.82 bits per heavy atom. The average molecular weight is 313 g/mol. The van der Waals surface area contributed by atoms with Gasteiger partial charge in [0.1, 0.15) is 0 Å². The van der Waals surface area contributed by atoms with E-state index in [1.165, 1.54) is 40.0 Å². The van der Waals surface area contributed by atoms with Crippen molar-refractivity contribution in [1.29, 1.82) is 0 Å². The van der Waals surface area contributed by atoms with Gasteiger partial charge in [0.2, 0.25) is 0 Å². The van der Waals surface area contributed by atoms with Crippen LogP contribution in [0.3, 0.4) is 0 Å². The van der Waals surface area contributed by atoms with Gasteiger partial charge >= 0.3 is 0 Å². The van der Waals surface area contributed by atoms with Gasteiger partial charge in [0, 0.05) is 0 Å². The van der Waals surface area contributed by atoms with Crippen LogP contribution in [-0.2, 0) is 5.41 Å². The molecule has 2 aromatic rings. The minimum atomic E-state index is -1.39. The van der Waals surface area contributed by atoms with E-state index < -0.39 is 8.07 Å². The van der Waals surface area contributed by atoms with E-state index in [1.807, 2.05) is 0 Å². The van der Waals surface area contributed by atoms with E-state index in [2.05, 4.69) is 78.8 Å². The van der Waals surface area contributed by atoms with E-state index >= 15 is 0 Å². The summed E-state index contributed by atoms with van der Waals surface area (Å²) in [4.78, 5) is 0. The van der Waals surface area contributed by atoms with E-state index in [-0.39, 0.29) is 5.41 Å². The lowest BCUT2D eigenvalue weighted by Crippen LogP contribution is -2.46. The van der Waals surface area contributed by atoms with E-state index in [9.17, 15) is 0 Å². The maximum Gasteiger partial charge on any atom is 0.0867 e. The molecule has 1 heteroatoms. The molecule has 120 valence electrons. The normalized spacial score (nSPS) is 12.9. The second kappa shape index (κ2) is 6.20. The number of rotatable bonds is 4. The molecule has 0 spiro atoms. The predicted molar refractivity (Wildman–Crippen MR) is 104 cm³/mol. The summed E-state index contributed by atoms with van der Waals surface area (Å²) in [6, 6.07) is 15.7. The van der Waals surface area contributed by atoms with Crippen molar-refractivity contribution in [3.63, 3.8) is 0 Å². The number of fused-ring (bicyclic) bond motifs is 1. The first-order valence-electron chi connectivity index (χ1n) is 8.84. The van der Waals surface area contributed by atoms with Gasteiger partial charge in [0.05, 0.1) is 8.07 Å². The lowest BCUT2D eigenvalue weighted by molar-refractivity contribution is 0.587. The zero-order valence-corrected chi connectivity index (χ0v) is 16.5. The Bertz CT molecular complexity index is 649. The molecular formula is C21H32Si. The quantitative estimate of drug-likeness (QED) is 0.593. The summed E-state index contributed by atoms with van der Waals surface area (Å²) in [5, 5.41) is 4.69. The predicted octanol–water partition coefficient (Wildman–Crippen LogP) is 6.16. The SMILES string of the molecule is CC[Si](CC)(CC)c1cc(C(C)(C)C)c(C)c2ccccc12. The van der Waals surface area contributed by atoms with Crippen molar-refractivity contribution in [2.24, 2.45) is 0 Å². The fourth-order valence-electron chi connectivity index (χ4n) is 4.06. The van der Waals surface area contributed by atoms with Crippen LogP contribution in [0.5, 0.6) is 0 Å². The maximum atomic E-state index is 2.58. The number of hydrogen-bond acceptors (Lipinski definition) is 0. The molecule has 0 radical (unpaired) electrons. The second-order valence-electron chi connectivity index (χ2n) is 7.73. The molecule has 0 aliphatic carbocycles. The summed E-state index contributed by atoms with van der Waals surface area (Å²) < 4.78 is 0. The molecule has 0 saturated heterocycles. The zero-order valence-electron chi connectivity index (χ0n) is 15.5. The van der Waals surface area contributed by atoms with Gasteiger partial charge in [-0.1, -0.05) is 95.2 Å². The molecule has 0 nitrogen and oxygen atoms in total. The molecule has 0 aliphatic heterocycles. The van der Waals surface area contributed by atoms with Gasteiger partial charge in [-0.2, -0.15) is 0 Å². The van der Waals surface area contributed by atoms with Crippen molar-refractivity contribution in [2.75, 3.05) is 0 Å². The molecular weight excluding hydrogens is 280 g/mol. The molecule has 0 aromatic heterocycles. The van der Waals surface area contributed by atoms with Crippen molar-refractivity contribution >= 4 is 24.0 Å². The summed E-state index contributed by atoms with van der Waals surface area (Å²) in [7, 11) is -1.39. The van der Waals surface area contributed by atoms with Crippen LogP contribution in [0.2, 0.25) is 18.1 Å². The van der Waals surface area contributed by atoms with Crippen LogP contribution in [0.25, 0.3) is 10.8 Å². The highest BCUT2D eigenvalue weighted by Gasteiger charge is 2.32. The highest BCUT2D eigenvalue weighted by Crippen LogP contribution is 2.33. The van der Waals surface area contributed by atoms with Crippen LogP contribution in [0, 0.1) is 6.92 Å². The summed E-state index contributed by atoms with van der Waals surface area (Å²) in [6.07, 6.45) is 0. The molecule has 22 heavy (non-hydrogen) atoms. The standard InChI is InChI=1S/C21H32Si/c1-8-22(9-2,10-3)20-15-19(21(5,6)7)16(4)17-13-11-12-14-18(17)20/h11-15H,8-10H2,1-7H3. The third-order valence-corrected chi connectivity index (χ3v) is 11.3. The fraction of sp³-hybridized carbons (Fsp3) is 0.524. The third-order valence-electron chi connectivity index (χ3n) is 5.72. The van der Waals surface area contributed by atoms with E-state index in [0.29, 0.717) is 0 Å². The average Bonchev–Trinajstić information content (AvgIpc) is 2.50. The van der Waals surface area contributed by atoms with Crippen LogP contribution in [-0.4, -0.2) is 8.07 Å². The lowest BCUT2D eigenvalue weighted by Gasteiger charge is -2.33. The van der Waals surface area contributed by atoms with Crippen LogP contribution in [0.4, 0.5) is 0 Å². The van der Waals surface area contributed by atoms with Gasteiger partial charge in [0.15, 0.2) is 0 Å². The smallest absolute Gasteiger partial charge is 0.0675 e. The van der Waals surface area contributed by atoms with Crippen molar-refractivity contribution in [3.05, 3.63) is 41.5 Å². The molecule has 2 rings (SSSR count). The van der Waals surface area contributed by atoms with Gasteiger partial charge in [-0.05, 0) is 34.2 Å². The molecule has 0 fully saturated rings. The molecule has 0 unspecified atom stereocenters. The molecule has 0 heterocycles. The first-order valence-corrected chi connectivity index (χ1v) is 11.5. The van der Waals surface area contributed by atoms with Crippen LogP contribution in [0.15, 0.2) is 30.3 Å². The van der Waals surface area contributed by atoms with Gasteiger partial charge in [-0.15, -0.1) is 0 Å². The Morgan fingerprint density at radius 2 is 1.36 bits per heavy atom. The summed E-state index contributed by atoms with van der Waals surface area (Å²) in [5.74, 6) is 0. The van der Waals surface area contributed by atoms with Gasteiger partial charge in [-0.25, -0.2) is 0 Å². The number of hydrogen-bond donors (Lipinski definition) is 0. The Balaban J connectivity index is 2.92. The Kier molecular flexibility index (Phi) is 4.86. The van der Waals surface area contributed by atoms with Crippen molar-refractivity contribution < 1.29 is 0 Å². The van der Waals surface area contributed by atoms with Crippen LogP contribution >= 0.6 is 0 Å². The molecule has 0 N–H and O–H groups in total. The summed E-state index contributed by atoms with van der Waals surface area (Å²) in [6.45, 7) is 16.6. The molecule has 2 aromatic carbocycles. The van der Waals surface area contributed by atoms with E-state index in [4.69, 9.17) is 0 Å². The third kappa shape index (κ3) is 2.76. The number of benzene rings is 2. The Morgan fingerprint density at radius 1 is 0.864 bits per heavy atom. The highest BCUT2D eigenvalue weighted by molar-refractivity contribution is 6.93. The number of aryl methyl sites for hydroxylation is 1. The van der Waals surface area contributed by atoms with E-state index in [0.717, 1.165) is 0 Å². The highest BCUT2D eigenvalue weighted by atomic mass is 28.3. The molecule has 0 aliphatic rings. The first kappa shape index (κ1) is 17.3. The zero-order chi connectivity index (χ0) is 16.5. The minimum Gasteiger partial charge on any atom is -0.0675 e. The minimum absolute atomic E-state index is 0.207. The molecule has 0 saturated carbocycles. The lowest BCUT2D eigenvalue weighted by atomic mass is 9.82. The van der Waals surface area contributed by atoms with Crippen LogP contribution in [0.1, 0.15) is 52.7 Å². The summed E-state index contributed by atoms with van der Waals surface area (Å²) in [5.41, 5.74) is 3.21. The van der Waals surface area contributed by atoms with Crippen molar-refractivity contribution in [1.82, 2.24) is 0 Å². The first-order chi connectivity index (χ1) is 10.3. The Hall–Kier alpha value is -1.08. The fourth-order valence-corrected chi connectivity index (χ4v) is 7.94. The Labute approximate surface area is 138 Å². The largest absolute Gasteiger partial charge is 0.0867 e. The van der Waals surface area contributed by atoms with E-state index in [1.54, 1.807) is 5.19 Å². The molecule has 0 amide bonds. The topological polar surface area (TPSA) is 0 Å². The second-order valence-corrected chi connectivity index (χ2v) is 13.0. The monoisotopic (exact) mass is 312 g/mol. The summed E-state index contributed by atoms with van der Waals surface area (Å²) >= 11 is 0. The molecule has 0 atom stereocenters.